The van der Waals surface area contributed by atoms with Gasteiger partial charge < -0.3 is 4.74 Å². The lowest BCUT2D eigenvalue weighted by Crippen LogP contribution is -2.02. The molecule has 0 amide bonds. The summed E-state index contributed by atoms with van der Waals surface area (Å²) in [7, 11) is 0. The van der Waals surface area contributed by atoms with E-state index in [4.69, 9.17) is 0 Å². The molecule has 0 N–H and O–H groups in total. The lowest BCUT2D eigenvalue weighted by atomic mass is 10.2. The van der Waals surface area contributed by atoms with E-state index in [2.05, 4.69) is 11.3 Å². The topological polar surface area (TPSA) is 26.3 Å². The first-order valence-electron chi connectivity index (χ1n) is 3.84. The van der Waals surface area contributed by atoms with E-state index in [0.717, 1.165) is 25.1 Å². The molecular weight excluding hydrogens is 190 g/mol. The largest absolute Gasteiger partial charge is 0.427 e. The minimum absolute atomic E-state index is 0.155. The van der Waals surface area contributed by atoms with Gasteiger partial charge in [-0.1, -0.05) is 12.7 Å². The molecule has 0 aliphatic rings. The summed E-state index contributed by atoms with van der Waals surface area (Å²) in [6.45, 7) is 4.41. The van der Waals surface area contributed by atoms with Gasteiger partial charge in [-0.2, -0.15) is 0 Å². The van der Waals surface area contributed by atoms with Gasteiger partial charge in [0.1, 0.15) is 17.4 Å². The van der Waals surface area contributed by atoms with Crippen LogP contribution in [-0.2, 0) is 4.79 Å². The molecule has 0 spiro atoms. The summed E-state index contributed by atoms with van der Waals surface area (Å²) >= 11 is 0. The summed E-state index contributed by atoms with van der Waals surface area (Å²) in [6, 6.07) is 1.86. The Morgan fingerprint density at radius 1 is 1.43 bits per heavy atom. The Morgan fingerprint density at radius 2 is 1.93 bits per heavy atom. The minimum Gasteiger partial charge on any atom is -0.427 e. The van der Waals surface area contributed by atoms with Crippen molar-refractivity contribution in [3.63, 3.8) is 0 Å². The fraction of sp³-hybridized carbons (Fsp3) is 0.100. The molecule has 0 atom stereocenters. The zero-order valence-electron chi connectivity index (χ0n) is 7.51. The van der Waals surface area contributed by atoms with Crippen molar-refractivity contribution in [1.82, 2.24) is 0 Å². The molecule has 0 heterocycles. The highest BCUT2D eigenvalue weighted by Crippen LogP contribution is 2.21. The van der Waals surface area contributed by atoms with Crippen molar-refractivity contribution in [1.29, 1.82) is 0 Å². The van der Waals surface area contributed by atoms with Crippen molar-refractivity contribution in [2.45, 2.75) is 6.92 Å². The van der Waals surface area contributed by atoms with Crippen LogP contribution < -0.4 is 4.74 Å². The van der Waals surface area contributed by atoms with Gasteiger partial charge in [0.2, 0.25) is 0 Å². The zero-order valence-corrected chi connectivity index (χ0v) is 7.51. The summed E-state index contributed by atoms with van der Waals surface area (Å²) in [6.07, 6.45) is 1.06. The van der Waals surface area contributed by atoms with E-state index in [0.29, 0.717) is 0 Å². The molecule has 74 valence electrons. The van der Waals surface area contributed by atoms with Gasteiger partial charge in [-0.15, -0.1) is 0 Å². The van der Waals surface area contributed by atoms with Crippen LogP contribution in [0.5, 0.6) is 5.75 Å². The molecule has 0 unspecified atom stereocenters. The quantitative estimate of drug-likeness (QED) is 0.539. The first-order valence-corrected chi connectivity index (χ1v) is 3.84. The Kier molecular flexibility index (Phi) is 2.96. The van der Waals surface area contributed by atoms with E-state index < -0.39 is 17.6 Å². The Labute approximate surface area is 79.8 Å². The van der Waals surface area contributed by atoms with Gasteiger partial charge in [-0.05, 0) is 0 Å². The smallest absolute Gasteiger partial charge is 0.308 e. The second-order valence-electron chi connectivity index (χ2n) is 2.60. The SMILES string of the molecule is C=Cc1c(F)cc(OC(C)=O)cc1F. The van der Waals surface area contributed by atoms with Crippen LogP contribution in [0.4, 0.5) is 8.78 Å². The average molecular weight is 198 g/mol. The molecule has 0 saturated heterocycles. The van der Waals surface area contributed by atoms with Crippen molar-refractivity contribution in [2.24, 2.45) is 0 Å². The summed E-state index contributed by atoms with van der Waals surface area (Å²) < 4.78 is 30.6. The van der Waals surface area contributed by atoms with E-state index in [9.17, 15) is 13.6 Å². The predicted molar refractivity (Wildman–Crippen MR) is 47.8 cm³/mol. The number of hydrogen-bond donors (Lipinski definition) is 0. The second kappa shape index (κ2) is 4.00. The third kappa shape index (κ3) is 2.16. The van der Waals surface area contributed by atoms with E-state index in [1.165, 1.54) is 0 Å². The Morgan fingerprint density at radius 3 is 2.29 bits per heavy atom. The number of carbonyl (C=O) groups excluding carboxylic acids is 1. The molecule has 1 aromatic rings. The lowest BCUT2D eigenvalue weighted by molar-refractivity contribution is -0.131. The number of esters is 1. The van der Waals surface area contributed by atoms with E-state index >= 15 is 0 Å². The monoisotopic (exact) mass is 198 g/mol. The van der Waals surface area contributed by atoms with Crippen LogP contribution >= 0.6 is 0 Å². The second-order valence-corrected chi connectivity index (χ2v) is 2.60. The molecule has 1 aromatic carbocycles. The van der Waals surface area contributed by atoms with Crippen molar-refractivity contribution >= 4 is 12.0 Å². The van der Waals surface area contributed by atoms with Crippen molar-refractivity contribution in [2.75, 3.05) is 0 Å². The van der Waals surface area contributed by atoms with Gasteiger partial charge in [0.05, 0.1) is 0 Å². The molecule has 1 rings (SSSR count). The van der Waals surface area contributed by atoms with Gasteiger partial charge in [-0.3, -0.25) is 4.79 Å². The average Bonchev–Trinajstić information content (AvgIpc) is 2.01. The first kappa shape index (κ1) is 10.4. The van der Waals surface area contributed by atoms with Crippen LogP contribution in [0.15, 0.2) is 18.7 Å². The predicted octanol–water partition coefficient (Wildman–Crippen LogP) is 2.53. The van der Waals surface area contributed by atoms with Crippen LogP contribution in [0.1, 0.15) is 12.5 Å². The van der Waals surface area contributed by atoms with Gasteiger partial charge in [0, 0.05) is 24.6 Å². The Bertz CT molecular complexity index is 363. The fourth-order valence-electron chi connectivity index (χ4n) is 0.981. The summed E-state index contributed by atoms with van der Waals surface area (Å²) in [5, 5.41) is 0. The van der Waals surface area contributed by atoms with Crippen LogP contribution in [-0.4, -0.2) is 5.97 Å². The van der Waals surface area contributed by atoms with Crippen LogP contribution in [0.3, 0.4) is 0 Å². The van der Waals surface area contributed by atoms with Crippen molar-refractivity contribution in [3.8, 4) is 5.75 Å². The van der Waals surface area contributed by atoms with Gasteiger partial charge >= 0.3 is 5.97 Å². The lowest BCUT2D eigenvalue weighted by Gasteiger charge is -2.04. The molecule has 4 heteroatoms. The maximum absolute atomic E-state index is 13.1. The Hall–Kier alpha value is -1.71. The number of ether oxygens (including phenoxy) is 1. The summed E-state index contributed by atoms with van der Waals surface area (Å²) in [5.74, 6) is -2.40. The normalized spacial score (nSPS) is 9.64. The van der Waals surface area contributed by atoms with Crippen LogP contribution in [0.25, 0.3) is 6.08 Å². The third-order valence-corrected chi connectivity index (χ3v) is 1.52. The number of hydrogen-bond acceptors (Lipinski definition) is 2. The van der Waals surface area contributed by atoms with Crippen LogP contribution in [0.2, 0.25) is 0 Å². The number of carbonyl (C=O) groups is 1. The molecule has 0 aliphatic heterocycles. The highest BCUT2D eigenvalue weighted by Gasteiger charge is 2.09. The molecule has 0 bridgehead atoms. The van der Waals surface area contributed by atoms with Gasteiger partial charge in [0.25, 0.3) is 0 Å². The van der Waals surface area contributed by atoms with Crippen molar-refractivity contribution in [3.05, 3.63) is 35.9 Å². The highest BCUT2D eigenvalue weighted by molar-refractivity contribution is 5.69. The van der Waals surface area contributed by atoms with E-state index in [1.807, 2.05) is 0 Å². The minimum atomic E-state index is -0.809. The standard InChI is InChI=1S/C10H8F2O2/c1-3-8-9(11)4-7(5-10(8)12)14-6(2)13/h3-5H,1H2,2H3. The molecule has 14 heavy (non-hydrogen) atoms. The molecule has 2 nitrogen and oxygen atoms in total. The number of benzene rings is 1. The summed E-state index contributed by atoms with van der Waals surface area (Å²) in [4.78, 5) is 10.5. The maximum Gasteiger partial charge on any atom is 0.308 e. The summed E-state index contributed by atoms with van der Waals surface area (Å²) in [5.41, 5.74) is -0.235. The molecule has 0 saturated carbocycles. The fourth-order valence-corrected chi connectivity index (χ4v) is 0.981. The number of rotatable bonds is 2. The number of halogens is 2. The zero-order chi connectivity index (χ0) is 10.7. The molecule has 0 aliphatic carbocycles. The van der Waals surface area contributed by atoms with E-state index in [1.54, 1.807) is 0 Å². The van der Waals surface area contributed by atoms with E-state index in [-0.39, 0.29) is 11.3 Å². The van der Waals surface area contributed by atoms with Gasteiger partial charge in [-0.25, -0.2) is 8.78 Å². The third-order valence-electron chi connectivity index (χ3n) is 1.52. The highest BCUT2D eigenvalue weighted by atomic mass is 19.1. The van der Waals surface area contributed by atoms with Gasteiger partial charge in [0.15, 0.2) is 0 Å². The van der Waals surface area contributed by atoms with Crippen LogP contribution in [0, 0.1) is 11.6 Å². The first-order chi connectivity index (χ1) is 6.54. The molecule has 0 aromatic heterocycles. The molecule has 0 radical (unpaired) electrons. The Balaban J connectivity index is 3.13. The van der Waals surface area contributed by atoms with Crippen molar-refractivity contribution < 1.29 is 18.3 Å². The molecule has 0 fully saturated rings. The maximum atomic E-state index is 13.1. The molecular formula is C10H8F2O2.